The molecule has 0 bridgehead atoms. The first kappa shape index (κ1) is 24.0. The predicted octanol–water partition coefficient (Wildman–Crippen LogP) is 4.52. The van der Waals surface area contributed by atoms with Crippen LogP contribution in [0.15, 0.2) is 87.4 Å². The molecule has 0 aliphatic heterocycles. The lowest BCUT2D eigenvalue weighted by Gasteiger charge is -2.09. The fraction of sp³-hybridized carbons (Fsp3) is 0.240. The molecule has 0 aliphatic carbocycles. The summed E-state index contributed by atoms with van der Waals surface area (Å²) in [6.07, 6.45) is 0. The van der Waals surface area contributed by atoms with Crippen molar-refractivity contribution in [1.82, 2.24) is 7.94 Å². The van der Waals surface area contributed by atoms with Crippen molar-refractivity contribution >= 4 is 31.1 Å². The third kappa shape index (κ3) is 3.88. The number of imidazole rings is 1. The van der Waals surface area contributed by atoms with Crippen molar-refractivity contribution in [2.45, 2.75) is 49.3 Å². The summed E-state index contributed by atoms with van der Waals surface area (Å²) in [5.74, 6) is 0.405. The smallest absolute Gasteiger partial charge is 0.245 e. The van der Waals surface area contributed by atoms with E-state index in [0.717, 1.165) is 11.1 Å². The van der Waals surface area contributed by atoms with E-state index in [4.69, 9.17) is 0 Å². The van der Waals surface area contributed by atoms with Gasteiger partial charge in [0.2, 0.25) is 0 Å². The quantitative estimate of drug-likeness (QED) is 0.389. The van der Waals surface area contributed by atoms with Gasteiger partial charge in [0.1, 0.15) is 0 Å². The van der Waals surface area contributed by atoms with E-state index in [1.165, 1.54) is 36.4 Å². The molecular weight excluding hydrogens is 472 g/mol. The van der Waals surface area contributed by atoms with E-state index >= 15 is 0 Å². The summed E-state index contributed by atoms with van der Waals surface area (Å²) in [5, 5.41) is 0. The van der Waals surface area contributed by atoms with Gasteiger partial charge in [-0.1, -0.05) is 64.1 Å². The second-order valence-electron chi connectivity index (χ2n) is 8.76. The SMILES string of the molecule is CC(C)c1ccc(S(=O)(=O)n2c(=O)n(S(=O)(=O)c3ccc(C(C)C)cc3)c3ccccc32)cc1. The number of rotatable bonds is 6. The maximum absolute atomic E-state index is 13.5. The summed E-state index contributed by atoms with van der Waals surface area (Å²) in [6, 6.07) is 18.5. The molecule has 4 aromatic rings. The zero-order valence-electron chi connectivity index (χ0n) is 19.3. The van der Waals surface area contributed by atoms with Gasteiger partial charge in [-0.3, -0.25) is 0 Å². The largest absolute Gasteiger partial charge is 0.357 e. The van der Waals surface area contributed by atoms with Gasteiger partial charge in [-0.25, -0.2) is 21.6 Å². The van der Waals surface area contributed by atoms with Crippen molar-refractivity contribution < 1.29 is 16.8 Å². The maximum Gasteiger partial charge on any atom is 0.357 e. The van der Waals surface area contributed by atoms with Crippen LogP contribution in [0.1, 0.15) is 50.7 Å². The molecule has 178 valence electrons. The highest BCUT2D eigenvalue weighted by molar-refractivity contribution is 7.91. The molecule has 0 saturated carbocycles. The van der Waals surface area contributed by atoms with Crippen LogP contribution in [-0.2, 0) is 20.0 Å². The van der Waals surface area contributed by atoms with Crippen LogP contribution in [0.4, 0.5) is 0 Å². The number of hydrogen-bond donors (Lipinski definition) is 0. The predicted molar refractivity (Wildman–Crippen MR) is 132 cm³/mol. The van der Waals surface area contributed by atoms with Crippen LogP contribution in [0.5, 0.6) is 0 Å². The highest BCUT2D eigenvalue weighted by atomic mass is 32.2. The minimum atomic E-state index is -4.36. The average molecular weight is 499 g/mol. The standard InChI is InChI=1S/C25H26N2O5S2/c1-17(2)19-9-13-21(14-10-19)33(29,30)26-23-7-5-6-8-24(23)27(25(26)28)34(31,32)22-15-11-20(12-16-22)18(3)4/h5-18H,1-4H3. The Labute approximate surface area is 199 Å². The first-order valence-corrected chi connectivity index (χ1v) is 13.8. The number of aromatic nitrogens is 2. The maximum atomic E-state index is 13.5. The molecule has 0 aliphatic rings. The van der Waals surface area contributed by atoms with E-state index in [0.29, 0.717) is 7.94 Å². The monoisotopic (exact) mass is 498 g/mol. The lowest BCUT2D eigenvalue weighted by molar-refractivity contribution is 0.582. The van der Waals surface area contributed by atoms with Crippen molar-refractivity contribution in [3.05, 3.63) is 94.4 Å². The summed E-state index contributed by atoms with van der Waals surface area (Å²) in [6.45, 7) is 7.95. The van der Waals surface area contributed by atoms with Gasteiger partial charge in [0.15, 0.2) is 0 Å². The van der Waals surface area contributed by atoms with Crippen molar-refractivity contribution in [2.75, 3.05) is 0 Å². The van der Waals surface area contributed by atoms with Crippen LogP contribution in [0, 0.1) is 0 Å². The van der Waals surface area contributed by atoms with Gasteiger partial charge in [-0.15, -0.1) is 0 Å². The number of para-hydroxylation sites is 2. The molecule has 4 rings (SSSR count). The molecule has 0 saturated heterocycles. The van der Waals surface area contributed by atoms with Crippen LogP contribution >= 0.6 is 0 Å². The summed E-state index contributed by atoms with van der Waals surface area (Å²) >= 11 is 0. The van der Waals surface area contributed by atoms with Gasteiger partial charge in [-0.05, 0) is 59.4 Å². The van der Waals surface area contributed by atoms with Crippen LogP contribution < -0.4 is 5.69 Å². The second kappa shape index (κ2) is 8.56. The van der Waals surface area contributed by atoms with Gasteiger partial charge >= 0.3 is 5.69 Å². The molecule has 0 amide bonds. The Balaban J connectivity index is 1.95. The summed E-state index contributed by atoms with van der Waals surface area (Å²) in [7, 11) is -8.72. The molecule has 0 fully saturated rings. The van der Waals surface area contributed by atoms with E-state index in [1.807, 2.05) is 27.7 Å². The molecule has 9 heteroatoms. The van der Waals surface area contributed by atoms with Crippen LogP contribution in [-0.4, -0.2) is 24.8 Å². The summed E-state index contributed by atoms with van der Waals surface area (Å²) < 4.78 is 55.1. The molecule has 34 heavy (non-hydrogen) atoms. The summed E-state index contributed by atoms with van der Waals surface area (Å²) in [4.78, 5) is 13.3. The normalized spacial score (nSPS) is 12.6. The van der Waals surface area contributed by atoms with Gasteiger partial charge < -0.3 is 0 Å². The van der Waals surface area contributed by atoms with Crippen LogP contribution in [0.2, 0.25) is 0 Å². The summed E-state index contributed by atoms with van der Waals surface area (Å²) in [5.41, 5.74) is 0.704. The molecule has 0 spiro atoms. The topological polar surface area (TPSA) is 95.2 Å². The van der Waals surface area contributed by atoms with E-state index < -0.39 is 25.7 Å². The third-order valence-electron chi connectivity index (χ3n) is 5.84. The Morgan fingerprint density at radius 2 is 0.882 bits per heavy atom. The Bertz CT molecular complexity index is 1500. The third-order valence-corrected chi connectivity index (χ3v) is 9.24. The van der Waals surface area contributed by atoms with E-state index in [1.54, 1.807) is 36.4 Å². The van der Waals surface area contributed by atoms with Crippen LogP contribution in [0.25, 0.3) is 11.0 Å². The van der Waals surface area contributed by atoms with Crippen molar-refractivity contribution in [2.24, 2.45) is 0 Å². The zero-order valence-corrected chi connectivity index (χ0v) is 21.0. The van der Waals surface area contributed by atoms with Crippen LogP contribution in [0.3, 0.4) is 0 Å². The Kier molecular flexibility index (Phi) is 6.03. The lowest BCUT2D eigenvalue weighted by atomic mass is 10.0. The Morgan fingerprint density at radius 3 is 1.18 bits per heavy atom. The minimum absolute atomic E-state index is 0.0113. The van der Waals surface area contributed by atoms with Gasteiger partial charge in [-0.2, -0.15) is 7.94 Å². The number of nitrogens with zero attached hydrogens (tertiary/aromatic N) is 2. The van der Waals surface area contributed by atoms with Gasteiger partial charge in [0.25, 0.3) is 20.0 Å². The molecule has 3 aromatic carbocycles. The molecule has 0 atom stereocenters. The lowest BCUT2D eigenvalue weighted by Crippen LogP contribution is -2.33. The number of fused-ring (bicyclic) bond motifs is 1. The molecule has 0 radical (unpaired) electrons. The van der Waals surface area contributed by atoms with Crippen molar-refractivity contribution in [1.29, 1.82) is 0 Å². The van der Waals surface area contributed by atoms with E-state index in [9.17, 15) is 21.6 Å². The van der Waals surface area contributed by atoms with Gasteiger partial charge in [0, 0.05) is 0 Å². The molecule has 7 nitrogen and oxygen atoms in total. The fourth-order valence-electron chi connectivity index (χ4n) is 3.82. The van der Waals surface area contributed by atoms with Gasteiger partial charge in [0.05, 0.1) is 20.8 Å². The minimum Gasteiger partial charge on any atom is -0.245 e. The number of hydrogen-bond acceptors (Lipinski definition) is 5. The second-order valence-corrected chi connectivity index (χ2v) is 12.3. The first-order chi connectivity index (χ1) is 16.0. The Hall–Kier alpha value is -3.17. The van der Waals surface area contributed by atoms with Crippen molar-refractivity contribution in [3.8, 4) is 0 Å². The first-order valence-electron chi connectivity index (χ1n) is 10.9. The molecule has 0 N–H and O–H groups in total. The highest BCUT2D eigenvalue weighted by Crippen LogP contribution is 2.25. The Morgan fingerprint density at radius 1 is 0.559 bits per heavy atom. The average Bonchev–Trinajstić information content (AvgIpc) is 3.12. The molecule has 1 aromatic heterocycles. The fourth-order valence-corrected chi connectivity index (χ4v) is 6.66. The molecule has 1 heterocycles. The molecule has 0 unspecified atom stereocenters. The highest BCUT2D eigenvalue weighted by Gasteiger charge is 2.31. The van der Waals surface area contributed by atoms with Crippen molar-refractivity contribution in [3.63, 3.8) is 0 Å². The van der Waals surface area contributed by atoms with E-state index in [2.05, 4.69) is 0 Å². The zero-order chi connectivity index (χ0) is 24.8. The molecular formula is C25H26N2O5S2. The number of benzene rings is 3. The van der Waals surface area contributed by atoms with E-state index in [-0.39, 0.29) is 32.7 Å².